The Morgan fingerprint density at radius 1 is 0.724 bits per heavy atom. The van der Waals surface area contributed by atoms with E-state index in [1.807, 2.05) is 0 Å². The van der Waals surface area contributed by atoms with Crippen molar-refractivity contribution >= 4 is 11.9 Å². The van der Waals surface area contributed by atoms with Crippen molar-refractivity contribution in [3.63, 3.8) is 0 Å². The Morgan fingerprint density at radius 2 is 1.34 bits per heavy atom. The van der Waals surface area contributed by atoms with Gasteiger partial charge in [-0.3, -0.25) is 0 Å². The molecule has 0 atom stereocenters. The highest BCUT2D eigenvalue weighted by Crippen LogP contribution is 2.28. The van der Waals surface area contributed by atoms with Crippen LogP contribution >= 0.6 is 0 Å². The normalized spacial score (nSPS) is 10.0. The van der Waals surface area contributed by atoms with Crippen LogP contribution in [0.4, 0.5) is 8.78 Å². The second-order valence-corrected chi connectivity index (χ2v) is 5.64. The van der Waals surface area contributed by atoms with Crippen molar-refractivity contribution in [1.82, 2.24) is 0 Å². The van der Waals surface area contributed by atoms with Gasteiger partial charge in [0, 0.05) is 11.6 Å². The molecule has 0 radical (unpaired) electrons. The van der Waals surface area contributed by atoms with Gasteiger partial charge < -0.3 is 25.5 Å². The molecule has 150 valence electrons. The van der Waals surface area contributed by atoms with Gasteiger partial charge in [-0.25, -0.2) is 18.4 Å². The lowest BCUT2D eigenvalue weighted by Crippen LogP contribution is -1.97. The van der Waals surface area contributed by atoms with Crippen molar-refractivity contribution in [2.75, 3.05) is 0 Å². The highest BCUT2D eigenvalue weighted by Gasteiger charge is 2.14. The van der Waals surface area contributed by atoms with Gasteiger partial charge in [0.25, 0.3) is 0 Å². The number of carbonyl (C=O) groups is 2. The Kier molecular flexibility index (Phi) is 6.35. The van der Waals surface area contributed by atoms with Crippen molar-refractivity contribution < 1.29 is 43.9 Å². The maximum atomic E-state index is 13.5. The summed E-state index contributed by atoms with van der Waals surface area (Å²) in [5, 5.41) is 44.4. The van der Waals surface area contributed by atoms with E-state index in [-0.39, 0.29) is 16.7 Å². The van der Waals surface area contributed by atoms with E-state index in [2.05, 4.69) is 0 Å². The molecule has 0 heterocycles. The fraction of sp³-hybridized carbons (Fsp3) is 0. The third-order valence-electron chi connectivity index (χ3n) is 3.70. The van der Waals surface area contributed by atoms with Crippen LogP contribution in [0.15, 0.2) is 54.6 Å². The first kappa shape index (κ1) is 21.2. The summed E-state index contributed by atoms with van der Waals surface area (Å²) in [6.07, 6.45) is 0. The van der Waals surface area contributed by atoms with Crippen molar-refractivity contribution in [1.29, 1.82) is 0 Å². The van der Waals surface area contributed by atoms with Crippen LogP contribution in [0.1, 0.15) is 20.7 Å². The first-order valence-electron chi connectivity index (χ1n) is 7.87. The van der Waals surface area contributed by atoms with E-state index in [1.165, 1.54) is 30.3 Å². The standard InChI is InChI=1S/C13H8F2O3.C7H6O4/c14-8-2-3-9(11(15)6-8)7-1-4-12(16)10(5-7)13(17)18;8-4-2-1-3-5(9)6(4)7(10)11/h1-6,16H,(H,17,18);1-3,8-9H,(H,10,11). The van der Waals surface area contributed by atoms with Gasteiger partial charge in [0.2, 0.25) is 0 Å². The molecule has 0 amide bonds. The van der Waals surface area contributed by atoms with Crippen molar-refractivity contribution in [3.05, 3.63) is 77.4 Å². The molecule has 0 aliphatic carbocycles. The third kappa shape index (κ3) is 4.98. The predicted molar refractivity (Wildman–Crippen MR) is 97.1 cm³/mol. The summed E-state index contributed by atoms with van der Waals surface area (Å²) in [6.45, 7) is 0. The van der Waals surface area contributed by atoms with Gasteiger partial charge in [0.1, 0.15) is 40.0 Å². The lowest BCUT2D eigenvalue weighted by molar-refractivity contribution is 0.0680. The number of hydrogen-bond acceptors (Lipinski definition) is 5. The van der Waals surface area contributed by atoms with Crippen LogP contribution in [0.3, 0.4) is 0 Å². The number of aromatic carboxylic acids is 2. The van der Waals surface area contributed by atoms with Crippen LogP contribution in [0.25, 0.3) is 11.1 Å². The maximum Gasteiger partial charge on any atom is 0.343 e. The van der Waals surface area contributed by atoms with Gasteiger partial charge in [0.05, 0.1) is 0 Å². The van der Waals surface area contributed by atoms with Crippen LogP contribution in [-0.2, 0) is 0 Å². The quantitative estimate of drug-likeness (QED) is 0.448. The minimum atomic E-state index is -1.35. The van der Waals surface area contributed by atoms with Crippen LogP contribution in [-0.4, -0.2) is 37.5 Å². The summed E-state index contributed by atoms with van der Waals surface area (Å²) in [4.78, 5) is 21.2. The summed E-state index contributed by atoms with van der Waals surface area (Å²) < 4.78 is 26.3. The maximum absolute atomic E-state index is 13.5. The van der Waals surface area contributed by atoms with Crippen molar-refractivity contribution in [2.24, 2.45) is 0 Å². The minimum absolute atomic E-state index is 0.0684. The highest BCUT2D eigenvalue weighted by atomic mass is 19.1. The van der Waals surface area contributed by atoms with Crippen LogP contribution in [0, 0.1) is 11.6 Å². The van der Waals surface area contributed by atoms with Gasteiger partial charge in [-0.15, -0.1) is 0 Å². The molecule has 0 saturated heterocycles. The molecule has 0 spiro atoms. The fourth-order valence-corrected chi connectivity index (χ4v) is 2.35. The van der Waals surface area contributed by atoms with E-state index in [1.54, 1.807) is 0 Å². The van der Waals surface area contributed by atoms with Crippen molar-refractivity contribution in [3.8, 4) is 28.4 Å². The SMILES string of the molecule is O=C(O)c1c(O)cccc1O.O=C(O)c1cc(-c2ccc(F)cc2F)ccc1O. The Morgan fingerprint density at radius 3 is 1.83 bits per heavy atom. The zero-order chi connectivity index (χ0) is 21.7. The molecule has 0 unspecified atom stereocenters. The second-order valence-electron chi connectivity index (χ2n) is 5.64. The Hall–Kier alpha value is -4.14. The lowest BCUT2D eigenvalue weighted by atomic mass is 10.0. The van der Waals surface area contributed by atoms with E-state index in [0.29, 0.717) is 6.07 Å². The number of benzene rings is 3. The smallest absolute Gasteiger partial charge is 0.343 e. The molecule has 3 aromatic rings. The molecular weight excluding hydrogens is 390 g/mol. The number of halogens is 2. The molecule has 0 aromatic heterocycles. The lowest BCUT2D eigenvalue weighted by Gasteiger charge is -2.06. The van der Waals surface area contributed by atoms with Gasteiger partial charge in [-0.05, 0) is 42.0 Å². The van der Waals surface area contributed by atoms with E-state index in [0.717, 1.165) is 18.2 Å². The average Bonchev–Trinajstić information content (AvgIpc) is 2.62. The van der Waals surface area contributed by atoms with Crippen LogP contribution in [0.5, 0.6) is 17.2 Å². The molecule has 29 heavy (non-hydrogen) atoms. The summed E-state index contributed by atoms with van der Waals surface area (Å²) >= 11 is 0. The fourth-order valence-electron chi connectivity index (χ4n) is 2.35. The number of carboxylic acids is 2. The van der Waals surface area contributed by atoms with Crippen LogP contribution < -0.4 is 0 Å². The molecule has 5 N–H and O–H groups in total. The van der Waals surface area contributed by atoms with E-state index in [4.69, 9.17) is 20.4 Å². The minimum Gasteiger partial charge on any atom is -0.507 e. The Bertz CT molecular complexity index is 1060. The van der Waals surface area contributed by atoms with E-state index >= 15 is 0 Å². The van der Waals surface area contributed by atoms with Crippen molar-refractivity contribution in [2.45, 2.75) is 0 Å². The molecule has 0 bridgehead atoms. The largest absolute Gasteiger partial charge is 0.507 e. The molecule has 0 aliphatic heterocycles. The van der Waals surface area contributed by atoms with E-state index < -0.39 is 46.4 Å². The predicted octanol–water partition coefficient (Wildman–Crippen LogP) is 3.83. The number of carboxylic acid groups (broad SMARTS) is 2. The monoisotopic (exact) mass is 404 g/mol. The summed E-state index contributed by atoms with van der Waals surface area (Å²) in [7, 11) is 0. The topological polar surface area (TPSA) is 135 Å². The number of aromatic hydroxyl groups is 3. The molecule has 3 aromatic carbocycles. The Balaban J connectivity index is 0.000000234. The van der Waals surface area contributed by atoms with Gasteiger partial charge >= 0.3 is 11.9 Å². The Labute approximate surface area is 162 Å². The molecule has 0 aliphatic rings. The third-order valence-corrected chi connectivity index (χ3v) is 3.70. The number of hydrogen-bond donors (Lipinski definition) is 5. The van der Waals surface area contributed by atoms with Crippen LogP contribution in [0.2, 0.25) is 0 Å². The average molecular weight is 404 g/mol. The van der Waals surface area contributed by atoms with E-state index in [9.17, 15) is 23.5 Å². The molecule has 9 heteroatoms. The molecule has 0 fully saturated rings. The number of rotatable bonds is 3. The molecule has 0 saturated carbocycles. The summed E-state index contributed by atoms with van der Waals surface area (Å²) in [5.41, 5.74) is -0.481. The summed E-state index contributed by atoms with van der Waals surface area (Å²) in [5.74, 6) is -5.45. The highest BCUT2D eigenvalue weighted by molar-refractivity contribution is 5.94. The molecule has 3 rings (SSSR count). The molecular formula is C20H14F2O7. The first-order chi connectivity index (χ1) is 13.6. The van der Waals surface area contributed by atoms with Gasteiger partial charge in [-0.1, -0.05) is 12.1 Å². The summed E-state index contributed by atoms with van der Waals surface area (Å²) in [6, 6.07) is 10.4. The number of phenols is 3. The van der Waals surface area contributed by atoms with Gasteiger partial charge in [-0.2, -0.15) is 0 Å². The zero-order valence-corrected chi connectivity index (χ0v) is 14.5. The molecule has 7 nitrogen and oxygen atoms in total. The first-order valence-corrected chi connectivity index (χ1v) is 7.87. The zero-order valence-electron chi connectivity index (χ0n) is 14.5. The van der Waals surface area contributed by atoms with Gasteiger partial charge in [0.15, 0.2) is 0 Å². The second kappa shape index (κ2) is 8.70.